The molecule has 0 aliphatic heterocycles. The zero-order valence-corrected chi connectivity index (χ0v) is 7.87. The molecular formula is C7H16N2O4. The Bertz CT molecular complexity index is 142. The van der Waals surface area contributed by atoms with Gasteiger partial charge in [-0.3, -0.25) is 10.1 Å². The Kier molecular flexibility index (Phi) is 7.51. The average molecular weight is 192 g/mol. The number of ether oxygens (including phenoxy) is 1. The lowest BCUT2D eigenvalue weighted by molar-refractivity contribution is -0.140. The fraction of sp³-hybridized carbons (Fsp3) is 0.857. The zero-order valence-electron chi connectivity index (χ0n) is 7.87. The van der Waals surface area contributed by atoms with Crippen LogP contribution in [0.5, 0.6) is 0 Å². The van der Waals surface area contributed by atoms with Crippen LogP contribution in [-0.2, 0) is 14.4 Å². The quantitative estimate of drug-likeness (QED) is 0.265. The molecule has 0 aromatic rings. The summed E-state index contributed by atoms with van der Waals surface area (Å²) in [4.78, 5) is 15.2. The van der Waals surface area contributed by atoms with Crippen molar-refractivity contribution in [1.82, 2.24) is 10.8 Å². The van der Waals surface area contributed by atoms with Gasteiger partial charge in [-0.1, -0.05) is 0 Å². The van der Waals surface area contributed by atoms with Gasteiger partial charge in [0.15, 0.2) is 0 Å². The zero-order chi connectivity index (χ0) is 10.1. The second kappa shape index (κ2) is 7.93. The highest BCUT2D eigenvalue weighted by Gasteiger charge is 2.15. The number of carboxylic acid groups (broad SMARTS) is 1. The van der Waals surface area contributed by atoms with Crippen LogP contribution in [0.1, 0.15) is 6.42 Å². The van der Waals surface area contributed by atoms with Crippen LogP contribution in [0.3, 0.4) is 0 Å². The van der Waals surface area contributed by atoms with Gasteiger partial charge in [0, 0.05) is 13.7 Å². The van der Waals surface area contributed by atoms with E-state index in [2.05, 4.69) is 15.6 Å². The van der Waals surface area contributed by atoms with Gasteiger partial charge in [-0.25, -0.2) is 5.48 Å². The normalized spacial score (nSPS) is 12.8. The molecule has 0 aromatic heterocycles. The molecule has 0 heterocycles. The van der Waals surface area contributed by atoms with E-state index in [1.54, 1.807) is 0 Å². The van der Waals surface area contributed by atoms with E-state index in [-0.39, 0.29) is 6.73 Å². The van der Waals surface area contributed by atoms with E-state index in [9.17, 15) is 4.79 Å². The molecule has 0 saturated heterocycles. The molecule has 13 heavy (non-hydrogen) atoms. The largest absolute Gasteiger partial charge is 0.480 e. The van der Waals surface area contributed by atoms with Gasteiger partial charge in [-0.05, 0) is 6.42 Å². The Morgan fingerprint density at radius 1 is 1.54 bits per heavy atom. The van der Waals surface area contributed by atoms with Crippen LogP contribution >= 0.6 is 0 Å². The number of nitrogens with one attached hydrogen (secondary N) is 2. The first kappa shape index (κ1) is 12.3. The first-order valence-corrected chi connectivity index (χ1v) is 3.93. The van der Waals surface area contributed by atoms with Crippen LogP contribution in [0.25, 0.3) is 0 Å². The summed E-state index contributed by atoms with van der Waals surface area (Å²) in [6.07, 6.45) is 0.437. The molecule has 0 bridgehead atoms. The summed E-state index contributed by atoms with van der Waals surface area (Å²) in [6.45, 7) is 0.703. The van der Waals surface area contributed by atoms with E-state index in [1.165, 1.54) is 14.2 Å². The van der Waals surface area contributed by atoms with Crippen molar-refractivity contribution >= 4 is 5.97 Å². The molecule has 6 nitrogen and oxygen atoms in total. The predicted octanol–water partition coefficient (Wildman–Crippen LogP) is -0.826. The van der Waals surface area contributed by atoms with Crippen molar-refractivity contribution in [2.45, 2.75) is 12.5 Å². The van der Waals surface area contributed by atoms with Crippen LogP contribution in [0.2, 0.25) is 0 Å². The number of hydrogen-bond acceptors (Lipinski definition) is 5. The summed E-state index contributed by atoms with van der Waals surface area (Å²) in [5.41, 5.74) is 2.57. The fourth-order valence-electron chi connectivity index (χ4n) is 0.802. The maximum Gasteiger partial charge on any atom is 0.320 e. The van der Waals surface area contributed by atoms with Gasteiger partial charge >= 0.3 is 5.97 Å². The summed E-state index contributed by atoms with van der Waals surface area (Å²) in [5, 5.41) is 11.4. The van der Waals surface area contributed by atoms with E-state index >= 15 is 0 Å². The topological polar surface area (TPSA) is 79.8 Å². The Morgan fingerprint density at radius 2 is 2.23 bits per heavy atom. The molecule has 78 valence electrons. The smallest absolute Gasteiger partial charge is 0.320 e. The van der Waals surface area contributed by atoms with Crippen LogP contribution < -0.4 is 10.8 Å². The molecule has 0 aliphatic carbocycles. The van der Waals surface area contributed by atoms with Crippen molar-refractivity contribution in [2.24, 2.45) is 0 Å². The van der Waals surface area contributed by atoms with Gasteiger partial charge in [-0.15, -0.1) is 0 Å². The molecule has 0 radical (unpaired) electrons. The minimum Gasteiger partial charge on any atom is -0.480 e. The molecule has 1 unspecified atom stereocenters. The molecular weight excluding hydrogens is 176 g/mol. The minimum atomic E-state index is -0.894. The Morgan fingerprint density at radius 3 is 2.69 bits per heavy atom. The fourth-order valence-corrected chi connectivity index (χ4v) is 0.802. The molecule has 0 saturated carbocycles. The van der Waals surface area contributed by atoms with E-state index in [0.29, 0.717) is 13.0 Å². The van der Waals surface area contributed by atoms with Crippen LogP contribution in [0.15, 0.2) is 0 Å². The summed E-state index contributed by atoms with van der Waals surface area (Å²) in [6, 6.07) is -0.609. The number of hydrogen-bond donors (Lipinski definition) is 3. The monoisotopic (exact) mass is 192 g/mol. The molecule has 0 fully saturated rings. The molecule has 0 aliphatic rings. The predicted molar refractivity (Wildman–Crippen MR) is 46.1 cm³/mol. The molecule has 6 heteroatoms. The number of carboxylic acids is 1. The van der Waals surface area contributed by atoms with Gasteiger partial charge in [0.1, 0.15) is 6.04 Å². The lowest BCUT2D eigenvalue weighted by Crippen LogP contribution is -2.39. The first-order valence-electron chi connectivity index (χ1n) is 3.93. The Hall–Kier alpha value is -0.690. The van der Waals surface area contributed by atoms with Crippen LogP contribution in [0.4, 0.5) is 0 Å². The lowest BCUT2D eigenvalue weighted by atomic mass is 10.2. The lowest BCUT2D eigenvalue weighted by Gasteiger charge is -2.13. The van der Waals surface area contributed by atoms with Crippen molar-refractivity contribution in [3.63, 3.8) is 0 Å². The number of carbonyl (C=O) groups is 1. The highest BCUT2D eigenvalue weighted by molar-refractivity contribution is 5.73. The van der Waals surface area contributed by atoms with Crippen LogP contribution in [-0.4, -0.2) is 44.6 Å². The van der Waals surface area contributed by atoms with E-state index in [4.69, 9.17) is 9.84 Å². The standard InChI is InChI=1S/C7H16N2O4/c1-12-5-8-6(7(10)11)3-4-9-13-2/h6,8-9H,3-5H2,1-2H3,(H,10,11). The van der Waals surface area contributed by atoms with E-state index in [1.807, 2.05) is 0 Å². The molecule has 0 spiro atoms. The highest BCUT2D eigenvalue weighted by Crippen LogP contribution is 1.90. The van der Waals surface area contributed by atoms with E-state index in [0.717, 1.165) is 0 Å². The SMILES string of the molecule is COCNC(CCNOC)C(=O)O. The average Bonchev–Trinajstić information content (AvgIpc) is 2.10. The second-order valence-corrected chi connectivity index (χ2v) is 2.42. The third kappa shape index (κ3) is 6.47. The molecule has 0 aromatic carbocycles. The van der Waals surface area contributed by atoms with Crippen molar-refractivity contribution < 1.29 is 19.5 Å². The van der Waals surface area contributed by atoms with Gasteiger partial charge in [0.2, 0.25) is 0 Å². The molecule has 0 amide bonds. The van der Waals surface area contributed by atoms with Gasteiger partial charge in [-0.2, -0.15) is 0 Å². The van der Waals surface area contributed by atoms with Gasteiger partial charge in [0.05, 0.1) is 13.8 Å². The van der Waals surface area contributed by atoms with Crippen molar-refractivity contribution in [3.05, 3.63) is 0 Å². The maximum atomic E-state index is 10.6. The Balaban J connectivity index is 3.61. The van der Waals surface area contributed by atoms with Crippen LogP contribution in [0, 0.1) is 0 Å². The number of hydroxylamine groups is 1. The maximum absolute atomic E-state index is 10.6. The summed E-state index contributed by atoms with van der Waals surface area (Å²) in [5.74, 6) is -0.894. The van der Waals surface area contributed by atoms with Crippen molar-refractivity contribution in [2.75, 3.05) is 27.5 Å². The number of aliphatic carboxylic acids is 1. The van der Waals surface area contributed by atoms with Gasteiger partial charge < -0.3 is 14.7 Å². The molecule has 1 atom stereocenters. The second-order valence-electron chi connectivity index (χ2n) is 2.42. The Labute approximate surface area is 77.2 Å². The molecule has 0 rings (SSSR count). The summed E-state index contributed by atoms with van der Waals surface area (Å²) in [7, 11) is 2.98. The highest BCUT2D eigenvalue weighted by atomic mass is 16.6. The first-order chi connectivity index (χ1) is 6.22. The van der Waals surface area contributed by atoms with Gasteiger partial charge in [0.25, 0.3) is 0 Å². The minimum absolute atomic E-state index is 0.226. The third-order valence-electron chi connectivity index (χ3n) is 1.45. The van der Waals surface area contributed by atoms with Crippen molar-refractivity contribution in [3.8, 4) is 0 Å². The third-order valence-corrected chi connectivity index (χ3v) is 1.45. The summed E-state index contributed by atoms with van der Waals surface area (Å²) >= 11 is 0. The summed E-state index contributed by atoms with van der Waals surface area (Å²) < 4.78 is 4.70. The number of methoxy groups -OCH3 is 1. The number of rotatable bonds is 8. The molecule has 3 N–H and O–H groups in total. The van der Waals surface area contributed by atoms with Crippen molar-refractivity contribution in [1.29, 1.82) is 0 Å². The van der Waals surface area contributed by atoms with E-state index < -0.39 is 12.0 Å².